The number of ether oxygens (including phenoxy) is 1. The lowest BCUT2D eigenvalue weighted by atomic mass is 9.66. The van der Waals surface area contributed by atoms with E-state index in [1.165, 1.54) is 22.3 Å². The second kappa shape index (κ2) is 9.96. The molecule has 0 unspecified atom stereocenters. The highest BCUT2D eigenvalue weighted by Crippen LogP contribution is 2.62. The van der Waals surface area contributed by atoms with Gasteiger partial charge in [-0.2, -0.15) is 5.26 Å². The van der Waals surface area contributed by atoms with Crippen molar-refractivity contribution in [2.45, 2.75) is 5.41 Å². The summed E-state index contributed by atoms with van der Waals surface area (Å²) in [6, 6.07) is 54.8. The number of hydrogen-bond donors (Lipinski definition) is 0. The first-order valence-corrected chi connectivity index (χ1v) is 16.0. The van der Waals surface area contributed by atoms with Crippen molar-refractivity contribution in [1.29, 1.82) is 5.26 Å². The molecule has 0 radical (unpaired) electrons. The fraction of sp³-hybridized carbons (Fsp3) is 0.0227. The van der Waals surface area contributed by atoms with Crippen molar-refractivity contribution in [3.63, 3.8) is 0 Å². The lowest BCUT2D eigenvalue weighted by molar-refractivity contribution is 0.436. The molecule has 6 aromatic carbocycles. The Hall–Kier alpha value is -6.57. The zero-order valence-corrected chi connectivity index (χ0v) is 25.7. The molecular weight excluding hydrogens is 587 g/mol. The molecule has 0 saturated carbocycles. The van der Waals surface area contributed by atoms with Crippen LogP contribution in [0.2, 0.25) is 0 Å². The molecule has 222 valence electrons. The molecule has 2 aliphatic rings. The van der Waals surface area contributed by atoms with Gasteiger partial charge < -0.3 is 4.74 Å². The first kappa shape index (κ1) is 26.6. The molecule has 48 heavy (non-hydrogen) atoms. The topological polar surface area (TPSA) is 58.8 Å². The molecule has 0 amide bonds. The van der Waals surface area contributed by atoms with Crippen LogP contribution in [0.3, 0.4) is 0 Å². The zero-order chi connectivity index (χ0) is 31.8. The van der Waals surface area contributed by atoms with Gasteiger partial charge in [-0.05, 0) is 70.8 Å². The summed E-state index contributed by atoms with van der Waals surface area (Å²) in [6.07, 6.45) is 0. The van der Waals surface area contributed by atoms with Gasteiger partial charge in [0, 0.05) is 33.0 Å². The number of hydrogen-bond acceptors (Lipinski definition) is 4. The van der Waals surface area contributed by atoms with Crippen LogP contribution in [-0.4, -0.2) is 9.97 Å². The summed E-state index contributed by atoms with van der Waals surface area (Å²) < 4.78 is 6.63. The van der Waals surface area contributed by atoms with Gasteiger partial charge in [0.05, 0.1) is 39.5 Å². The monoisotopic (exact) mass is 611 g/mol. The van der Waals surface area contributed by atoms with Gasteiger partial charge in [0.15, 0.2) is 0 Å². The molecule has 0 N–H and O–H groups in total. The molecule has 4 nitrogen and oxygen atoms in total. The van der Waals surface area contributed by atoms with E-state index in [-0.39, 0.29) is 0 Å². The van der Waals surface area contributed by atoms with E-state index in [9.17, 15) is 5.26 Å². The summed E-state index contributed by atoms with van der Waals surface area (Å²) >= 11 is 0. The van der Waals surface area contributed by atoms with Crippen LogP contribution in [0.5, 0.6) is 11.5 Å². The molecule has 0 fully saturated rings. The van der Waals surface area contributed by atoms with Gasteiger partial charge in [-0.25, -0.2) is 9.97 Å². The number of rotatable bonds is 2. The van der Waals surface area contributed by atoms with E-state index < -0.39 is 5.41 Å². The Labute approximate surface area is 277 Å². The smallest absolute Gasteiger partial charge is 0.132 e. The summed E-state index contributed by atoms with van der Waals surface area (Å²) in [5.74, 6) is 1.73. The number of nitriles is 1. The van der Waals surface area contributed by atoms with E-state index in [0.717, 1.165) is 66.9 Å². The predicted octanol–water partition coefficient (Wildman–Crippen LogP) is 10.5. The van der Waals surface area contributed by atoms with Gasteiger partial charge >= 0.3 is 0 Å². The summed E-state index contributed by atoms with van der Waals surface area (Å²) in [6.45, 7) is 0. The van der Waals surface area contributed by atoms with Crippen molar-refractivity contribution in [2.75, 3.05) is 0 Å². The first-order chi connectivity index (χ1) is 23.7. The van der Waals surface area contributed by atoms with Gasteiger partial charge in [0.25, 0.3) is 0 Å². The van der Waals surface area contributed by atoms with Crippen LogP contribution in [0.1, 0.15) is 27.8 Å². The Balaban J connectivity index is 1.19. The molecular formula is C44H25N3O. The third-order valence-corrected chi connectivity index (χ3v) is 9.97. The Morgan fingerprint density at radius 2 is 1.00 bits per heavy atom. The Morgan fingerprint density at radius 1 is 0.479 bits per heavy atom. The van der Waals surface area contributed by atoms with Crippen molar-refractivity contribution in [1.82, 2.24) is 9.97 Å². The maximum absolute atomic E-state index is 9.25. The minimum absolute atomic E-state index is 0.533. The maximum Gasteiger partial charge on any atom is 0.132 e. The molecule has 3 heterocycles. The highest BCUT2D eigenvalue weighted by atomic mass is 16.5. The number of aromatic nitrogens is 2. The van der Waals surface area contributed by atoms with E-state index in [4.69, 9.17) is 14.7 Å². The number of para-hydroxylation sites is 1. The Bertz CT molecular complexity index is 2620. The van der Waals surface area contributed by atoms with Crippen LogP contribution >= 0.6 is 0 Å². The molecule has 2 aromatic heterocycles. The van der Waals surface area contributed by atoms with Crippen molar-refractivity contribution in [3.8, 4) is 51.2 Å². The quantitative estimate of drug-likeness (QED) is 0.183. The number of benzene rings is 6. The summed E-state index contributed by atoms with van der Waals surface area (Å²) in [5.41, 5.74) is 12.8. The molecule has 10 rings (SSSR count). The van der Waals surface area contributed by atoms with E-state index in [2.05, 4.69) is 121 Å². The van der Waals surface area contributed by atoms with Crippen molar-refractivity contribution in [3.05, 3.63) is 179 Å². The van der Waals surface area contributed by atoms with Crippen LogP contribution < -0.4 is 4.74 Å². The molecule has 1 aliphatic heterocycles. The minimum atomic E-state index is -0.533. The zero-order valence-electron chi connectivity index (χ0n) is 25.7. The molecule has 0 atom stereocenters. The van der Waals surface area contributed by atoms with Crippen LogP contribution in [-0.2, 0) is 5.41 Å². The van der Waals surface area contributed by atoms with Crippen LogP contribution in [0.4, 0.5) is 0 Å². The summed E-state index contributed by atoms with van der Waals surface area (Å²) in [4.78, 5) is 10.4. The van der Waals surface area contributed by atoms with Crippen molar-refractivity contribution in [2.24, 2.45) is 0 Å². The van der Waals surface area contributed by atoms with E-state index >= 15 is 0 Å². The van der Waals surface area contributed by atoms with Gasteiger partial charge in [0.2, 0.25) is 0 Å². The van der Waals surface area contributed by atoms with E-state index in [1.54, 1.807) is 0 Å². The lowest BCUT2D eigenvalue weighted by Crippen LogP contribution is -2.32. The van der Waals surface area contributed by atoms with Crippen molar-refractivity contribution >= 4 is 21.8 Å². The SMILES string of the molecule is N#Cc1ccc(-c2ccc3ccc4ccc(-c5ccc6c(c5)C5(c7ccccc7O6)c6ccccc6-c6ccccc65)nc4c3n2)cc1. The number of fused-ring (bicyclic) bond motifs is 12. The first-order valence-electron chi connectivity index (χ1n) is 16.0. The second-order valence-electron chi connectivity index (χ2n) is 12.4. The normalized spacial score (nSPS) is 13.3. The molecule has 0 saturated heterocycles. The van der Waals surface area contributed by atoms with Crippen LogP contribution in [0.25, 0.3) is 55.4 Å². The average Bonchev–Trinajstić information content (AvgIpc) is 3.45. The van der Waals surface area contributed by atoms with E-state index in [0.29, 0.717) is 5.56 Å². The Kier molecular flexibility index (Phi) is 5.53. The van der Waals surface area contributed by atoms with Gasteiger partial charge in [-0.15, -0.1) is 0 Å². The number of pyridine rings is 2. The van der Waals surface area contributed by atoms with Gasteiger partial charge in [-0.1, -0.05) is 103 Å². The predicted molar refractivity (Wildman–Crippen MR) is 190 cm³/mol. The van der Waals surface area contributed by atoms with Crippen LogP contribution in [0, 0.1) is 11.3 Å². The molecule has 1 spiro atoms. The maximum atomic E-state index is 9.25. The fourth-order valence-corrected chi connectivity index (χ4v) is 7.82. The van der Waals surface area contributed by atoms with Crippen LogP contribution in [0.15, 0.2) is 152 Å². The van der Waals surface area contributed by atoms with Crippen molar-refractivity contribution < 1.29 is 4.74 Å². The second-order valence-corrected chi connectivity index (χ2v) is 12.4. The standard InChI is InChI=1S/C44H25N3O/c45-26-27-13-15-28(16-14-27)38-22-19-29-17-18-30-20-23-39(47-43(30)42(29)46-38)31-21-24-41-37(25-31)44(36-11-5-6-12-40(36)48-41)34-9-3-1-7-32(34)33-8-2-4-10-35(33)44/h1-25H. The fourth-order valence-electron chi connectivity index (χ4n) is 7.82. The lowest BCUT2D eigenvalue weighted by Gasteiger charge is -2.39. The highest BCUT2D eigenvalue weighted by molar-refractivity contribution is 6.04. The third kappa shape index (κ3) is 3.64. The summed E-state index contributed by atoms with van der Waals surface area (Å²) in [7, 11) is 0. The highest BCUT2D eigenvalue weighted by Gasteiger charge is 2.51. The largest absolute Gasteiger partial charge is 0.457 e. The Morgan fingerprint density at radius 3 is 1.65 bits per heavy atom. The molecule has 4 heteroatoms. The molecule has 0 bridgehead atoms. The minimum Gasteiger partial charge on any atom is -0.457 e. The summed E-state index contributed by atoms with van der Waals surface area (Å²) in [5, 5.41) is 11.3. The van der Waals surface area contributed by atoms with Gasteiger partial charge in [0.1, 0.15) is 11.5 Å². The number of nitrogens with zero attached hydrogens (tertiary/aromatic N) is 3. The molecule has 1 aliphatic carbocycles. The van der Waals surface area contributed by atoms with E-state index in [1.807, 2.05) is 36.4 Å². The third-order valence-electron chi connectivity index (χ3n) is 9.97. The average molecular weight is 612 g/mol. The van der Waals surface area contributed by atoms with Gasteiger partial charge in [-0.3, -0.25) is 0 Å². The molecule has 8 aromatic rings.